The van der Waals surface area contributed by atoms with Crippen molar-refractivity contribution in [2.45, 2.75) is 43.1 Å². The van der Waals surface area contributed by atoms with Crippen LogP contribution in [0.15, 0.2) is 59.6 Å². The Balaban J connectivity index is 1.84. The van der Waals surface area contributed by atoms with Gasteiger partial charge in [0.2, 0.25) is 0 Å². The Morgan fingerprint density at radius 1 is 1.12 bits per heavy atom. The van der Waals surface area contributed by atoms with Gasteiger partial charge < -0.3 is 5.11 Å². The zero-order valence-corrected chi connectivity index (χ0v) is 15.3. The Labute approximate surface area is 153 Å². The van der Waals surface area contributed by atoms with Crippen LogP contribution in [0.2, 0.25) is 0 Å². The highest BCUT2D eigenvalue weighted by Gasteiger charge is 2.29. The topological polar surface area (TPSA) is 72.2 Å². The lowest BCUT2D eigenvalue weighted by molar-refractivity contribution is 0.140. The predicted molar refractivity (Wildman–Crippen MR) is 100 cm³/mol. The Kier molecular flexibility index (Phi) is 4.54. The monoisotopic (exact) mass is 370 g/mol. The number of aliphatic hydroxyl groups excluding tert-OH is 1. The van der Waals surface area contributed by atoms with E-state index < -0.39 is 16.1 Å². The van der Waals surface area contributed by atoms with Crippen molar-refractivity contribution in [3.8, 4) is 0 Å². The van der Waals surface area contributed by atoms with Gasteiger partial charge in [-0.1, -0.05) is 43.9 Å². The number of pyridine rings is 1. The molecule has 1 fully saturated rings. The van der Waals surface area contributed by atoms with Gasteiger partial charge >= 0.3 is 0 Å². The van der Waals surface area contributed by atoms with Crippen LogP contribution in [0.4, 0.5) is 0 Å². The van der Waals surface area contributed by atoms with Gasteiger partial charge in [-0.15, -0.1) is 0 Å². The third-order valence-electron chi connectivity index (χ3n) is 5.20. The molecular formula is C20H22N2O3S. The summed E-state index contributed by atoms with van der Waals surface area (Å²) >= 11 is 0. The van der Waals surface area contributed by atoms with Crippen molar-refractivity contribution in [3.05, 3.63) is 60.4 Å². The van der Waals surface area contributed by atoms with Crippen molar-refractivity contribution in [2.24, 2.45) is 5.92 Å². The van der Waals surface area contributed by atoms with Crippen LogP contribution in [0.5, 0.6) is 0 Å². The quantitative estimate of drug-likeness (QED) is 0.740. The molecule has 1 aliphatic rings. The molecule has 0 radical (unpaired) electrons. The van der Waals surface area contributed by atoms with Crippen molar-refractivity contribution in [1.29, 1.82) is 0 Å². The fourth-order valence-electron chi connectivity index (χ4n) is 3.90. The minimum atomic E-state index is -3.84. The largest absolute Gasteiger partial charge is 0.387 e. The van der Waals surface area contributed by atoms with Gasteiger partial charge in [0.25, 0.3) is 10.0 Å². The molecule has 0 bridgehead atoms. The third-order valence-corrected chi connectivity index (χ3v) is 6.93. The van der Waals surface area contributed by atoms with Crippen LogP contribution in [-0.4, -0.2) is 22.5 Å². The van der Waals surface area contributed by atoms with Gasteiger partial charge in [0.15, 0.2) is 5.65 Å². The van der Waals surface area contributed by atoms with Gasteiger partial charge in [0, 0.05) is 11.6 Å². The van der Waals surface area contributed by atoms with Gasteiger partial charge in [0.05, 0.1) is 16.7 Å². The van der Waals surface area contributed by atoms with Crippen molar-refractivity contribution < 1.29 is 13.5 Å². The molecular weight excluding hydrogens is 348 g/mol. The Bertz CT molecular complexity index is 1010. The van der Waals surface area contributed by atoms with Crippen LogP contribution in [0.3, 0.4) is 0 Å². The van der Waals surface area contributed by atoms with Crippen molar-refractivity contribution in [2.75, 3.05) is 0 Å². The van der Waals surface area contributed by atoms with Gasteiger partial charge in [-0.25, -0.2) is 17.4 Å². The van der Waals surface area contributed by atoms with E-state index in [4.69, 9.17) is 0 Å². The van der Waals surface area contributed by atoms with Gasteiger partial charge in [-0.05, 0) is 42.7 Å². The first-order valence-electron chi connectivity index (χ1n) is 9.02. The minimum Gasteiger partial charge on any atom is -0.387 e. The predicted octanol–water partition coefficient (Wildman–Crippen LogP) is 3.89. The molecule has 2 aromatic heterocycles. The van der Waals surface area contributed by atoms with E-state index in [0.717, 1.165) is 12.8 Å². The molecule has 0 spiro atoms. The molecule has 4 rings (SSSR count). The Hall–Kier alpha value is -2.18. The first-order valence-corrected chi connectivity index (χ1v) is 10.5. The molecule has 1 aromatic carbocycles. The first kappa shape index (κ1) is 17.2. The molecule has 1 N–H and O–H groups in total. The Morgan fingerprint density at radius 2 is 1.85 bits per heavy atom. The highest BCUT2D eigenvalue weighted by Crippen LogP contribution is 2.35. The SMILES string of the molecule is O=S(=O)(c1ccccc1)n1c(C(O)CC2CCCC2)cc2cccnc21. The molecule has 26 heavy (non-hydrogen) atoms. The number of rotatable bonds is 5. The highest BCUT2D eigenvalue weighted by molar-refractivity contribution is 7.90. The molecule has 1 unspecified atom stereocenters. The fraction of sp³-hybridized carbons (Fsp3) is 0.350. The average molecular weight is 370 g/mol. The number of hydrogen-bond acceptors (Lipinski definition) is 4. The van der Waals surface area contributed by atoms with Crippen LogP contribution in [0.25, 0.3) is 11.0 Å². The number of aliphatic hydroxyl groups is 1. The molecule has 0 saturated heterocycles. The molecule has 6 heteroatoms. The first-order chi connectivity index (χ1) is 12.6. The minimum absolute atomic E-state index is 0.192. The van der Waals surface area contributed by atoms with E-state index in [-0.39, 0.29) is 4.90 Å². The smallest absolute Gasteiger partial charge is 0.269 e. The molecule has 3 aromatic rings. The van der Waals surface area contributed by atoms with Crippen molar-refractivity contribution >= 4 is 21.1 Å². The fourth-order valence-corrected chi connectivity index (χ4v) is 5.44. The molecule has 1 saturated carbocycles. The molecule has 0 amide bonds. The zero-order chi connectivity index (χ0) is 18.1. The van der Waals surface area contributed by atoms with Crippen LogP contribution in [0.1, 0.15) is 43.9 Å². The van der Waals surface area contributed by atoms with Crippen LogP contribution in [0, 0.1) is 5.92 Å². The standard InChI is InChI=1S/C20H22N2O3S/c23-19(13-15-7-4-5-8-15)18-14-16-9-6-12-21-20(16)22(18)26(24,25)17-10-2-1-3-11-17/h1-3,6,9-12,14-15,19,23H,4-5,7-8,13H2. The number of benzene rings is 1. The second kappa shape index (κ2) is 6.85. The van der Waals surface area contributed by atoms with Gasteiger partial charge in [-0.3, -0.25) is 0 Å². The lowest BCUT2D eigenvalue weighted by atomic mass is 9.98. The molecule has 1 aliphatic carbocycles. The van der Waals surface area contributed by atoms with Crippen LogP contribution >= 0.6 is 0 Å². The van der Waals surface area contributed by atoms with E-state index in [1.807, 2.05) is 6.07 Å². The summed E-state index contributed by atoms with van der Waals surface area (Å²) in [5.74, 6) is 0.448. The lowest BCUT2D eigenvalue weighted by Crippen LogP contribution is -2.19. The van der Waals surface area contributed by atoms with Gasteiger partial charge in [0.1, 0.15) is 0 Å². The zero-order valence-electron chi connectivity index (χ0n) is 14.5. The summed E-state index contributed by atoms with van der Waals surface area (Å²) in [6.45, 7) is 0. The van der Waals surface area contributed by atoms with E-state index in [0.29, 0.717) is 29.1 Å². The van der Waals surface area contributed by atoms with E-state index in [1.54, 1.807) is 48.7 Å². The number of nitrogens with zero attached hydrogens (tertiary/aromatic N) is 2. The van der Waals surface area contributed by atoms with E-state index >= 15 is 0 Å². The molecule has 136 valence electrons. The summed E-state index contributed by atoms with van der Waals surface area (Å²) in [7, 11) is -3.84. The maximum atomic E-state index is 13.3. The lowest BCUT2D eigenvalue weighted by Gasteiger charge is -2.18. The number of fused-ring (bicyclic) bond motifs is 1. The van der Waals surface area contributed by atoms with Crippen molar-refractivity contribution in [1.82, 2.24) is 8.96 Å². The number of hydrogen-bond donors (Lipinski definition) is 1. The maximum Gasteiger partial charge on any atom is 0.269 e. The molecule has 2 heterocycles. The van der Waals surface area contributed by atoms with E-state index in [1.165, 1.54) is 16.8 Å². The summed E-state index contributed by atoms with van der Waals surface area (Å²) in [6, 6.07) is 13.7. The summed E-state index contributed by atoms with van der Waals surface area (Å²) in [5.41, 5.74) is 0.756. The summed E-state index contributed by atoms with van der Waals surface area (Å²) in [6.07, 6.45) is 5.90. The van der Waals surface area contributed by atoms with Crippen LogP contribution in [-0.2, 0) is 10.0 Å². The molecule has 0 aliphatic heterocycles. The van der Waals surface area contributed by atoms with Gasteiger partial charge in [-0.2, -0.15) is 0 Å². The summed E-state index contributed by atoms with van der Waals surface area (Å²) in [4.78, 5) is 4.47. The summed E-state index contributed by atoms with van der Waals surface area (Å²) < 4.78 is 27.8. The van der Waals surface area contributed by atoms with E-state index in [2.05, 4.69) is 4.98 Å². The van der Waals surface area contributed by atoms with Crippen molar-refractivity contribution in [3.63, 3.8) is 0 Å². The third kappa shape index (κ3) is 3.04. The van der Waals surface area contributed by atoms with Crippen LogP contribution < -0.4 is 0 Å². The number of aromatic nitrogens is 2. The molecule has 1 atom stereocenters. The Morgan fingerprint density at radius 3 is 2.58 bits per heavy atom. The van der Waals surface area contributed by atoms with E-state index in [9.17, 15) is 13.5 Å². The maximum absolute atomic E-state index is 13.3. The second-order valence-corrected chi connectivity index (χ2v) is 8.76. The second-order valence-electron chi connectivity index (χ2n) is 6.97. The average Bonchev–Trinajstić information content (AvgIpc) is 3.29. The normalized spacial score (nSPS) is 17.0. The molecule has 5 nitrogen and oxygen atoms in total. The summed E-state index contributed by atoms with van der Waals surface area (Å²) in [5, 5.41) is 11.6. The highest BCUT2D eigenvalue weighted by atomic mass is 32.2.